The maximum Gasteiger partial charge on any atom is 0.302 e. The largest absolute Gasteiger partial charge is 0.478 e. The fraction of sp³-hybridized carbons (Fsp3) is 0.400. The molecule has 1 aromatic carbocycles. The third kappa shape index (κ3) is 5.12. The van der Waals surface area contributed by atoms with Gasteiger partial charge in [-0.1, -0.05) is 23.4 Å². The highest BCUT2D eigenvalue weighted by molar-refractivity contribution is 5.70. The Labute approximate surface area is 153 Å². The van der Waals surface area contributed by atoms with Crippen molar-refractivity contribution >= 4 is 5.97 Å². The molecule has 1 heterocycles. The Hall–Kier alpha value is -2.76. The lowest BCUT2D eigenvalue weighted by Crippen LogP contribution is -2.15. The first-order chi connectivity index (χ1) is 12.4. The van der Waals surface area contributed by atoms with Gasteiger partial charge >= 0.3 is 5.97 Å². The normalized spacial score (nSPS) is 11.7. The van der Waals surface area contributed by atoms with Crippen molar-refractivity contribution in [2.24, 2.45) is 5.18 Å². The summed E-state index contributed by atoms with van der Waals surface area (Å²) < 4.78 is 10.7. The fourth-order valence-corrected chi connectivity index (χ4v) is 2.79. The Morgan fingerprint density at radius 1 is 1.19 bits per heavy atom. The van der Waals surface area contributed by atoms with Crippen molar-refractivity contribution in [1.82, 2.24) is 4.98 Å². The maximum atomic E-state index is 10.9. The monoisotopic (exact) mass is 356 g/mol. The molecule has 0 fully saturated rings. The van der Waals surface area contributed by atoms with E-state index in [0.717, 1.165) is 27.9 Å². The van der Waals surface area contributed by atoms with Crippen molar-refractivity contribution < 1.29 is 14.3 Å². The van der Waals surface area contributed by atoms with E-state index in [-0.39, 0.29) is 18.6 Å². The van der Waals surface area contributed by atoms with Crippen molar-refractivity contribution in [3.63, 3.8) is 0 Å². The molecule has 138 valence electrons. The Bertz CT molecular complexity index is 789. The second kappa shape index (κ2) is 9.08. The number of aromatic nitrogens is 1. The Morgan fingerprint density at radius 3 is 2.62 bits per heavy atom. The van der Waals surface area contributed by atoms with Crippen LogP contribution in [0.3, 0.4) is 0 Å². The molecule has 0 aliphatic carbocycles. The van der Waals surface area contributed by atoms with Gasteiger partial charge in [0, 0.05) is 30.7 Å². The lowest BCUT2D eigenvalue weighted by molar-refractivity contribution is -0.145. The molecule has 0 saturated carbocycles. The molecule has 6 nitrogen and oxygen atoms in total. The van der Waals surface area contributed by atoms with E-state index in [1.165, 1.54) is 6.92 Å². The lowest BCUT2D eigenvalue weighted by Gasteiger charge is -2.14. The minimum atomic E-state index is -0.293. The number of hydrogen-bond acceptors (Lipinski definition) is 6. The van der Waals surface area contributed by atoms with Crippen molar-refractivity contribution in [3.8, 4) is 17.0 Å². The molecule has 1 aromatic heterocycles. The van der Waals surface area contributed by atoms with Gasteiger partial charge in [0.25, 0.3) is 0 Å². The highest BCUT2D eigenvalue weighted by Crippen LogP contribution is 2.29. The van der Waals surface area contributed by atoms with Crippen LogP contribution in [0.5, 0.6) is 5.88 Å². The average Bonchev–Trinajstić information content (AvgIpc) is 2.57. The highest BCUT2D eigenvalue weighted by Gasteiger charge is 2.11. The highest BCUT2D eigenvalue weighted by atomic mass is 16.5. The minimum absolute atomic E-state index is 0.161. The number of esters is 1. The second-order valence-corrected chi connectivity index (χ2v) is 6.22. The molecule has 2 aromatic rings. The van der Waals surface area contributed by atoms with E-state index in [2.05, 4.69) is 10.2 Å². The molecule has 0 aliphatic heterocycles. The van der Waals surface area contributed by atoms with E-state index in [1.54, 1.807) is 0 Å². The van der Waals surface area contributed by atoms with Gasteiger partial charge in [0.2, 0.25) is 5.88 Å². The standard InChI is InChI=1S/C20H24N2O4/c1-13(26-16(4)23)10-11-25-20-9-8-19(15(3)22-20)18-7-5-6-17(12-21-24)14(18)2/h5-9,13H,10-12H2,1-4H3/t13-/m0/s1. The molecule has 0 amide bonds. The van der Waals surface area contributed by atoms with Crippen LogP contribution in [0.15, 0.2) is 35.5 Å². The molecule has 0 saturated heterocycles. The third-order valence-corrected chi connectivity index (χ3v) is 4.17. The summed E-state index contributed by atoms with van der Waals surface area (Å²) in [4.78, 5) is 26.0. The second-order valence-electron chi connectivity index (χ2n) is 6.22. The Morgan fingerprint density at radius 2 is 1.96 bits per heavy atom. The van der Waals surface area contributed by atoms with Gasteiger partial charge in [0.1, 0.15) is 12.6 Å². The fourth-order valence-electron chi connectivity index (χ4n) is 2.79. The van der Waals surface area contributed by atoms with Gasteiger partial charge in [0.15, 0.2) is 0 Å². The molecule has 0 aliphatic rings. The molecule has 1 atom stereocenters. The zero-order valence-corrected chi connectivity index (χ0v) is 15.6. The number of ether oxygens (including phenoxy) is 2. The van der Waals surface area contributed by atoms with E-state index in [9.17, 15) is 9.70 Å². The van der Waals surface area contributed by atoms with Crippen molar-refractivity contribution in [2.45, 2.75) is 46.8 Å². The molecule has 26 heavy (non-hydrogen) atoms. The van der Waals surface area contributed by atoms with E-state index in [1.807, 2.05) is 51.1 Å². The van der Waals surface area contributed by atoms with Gasteiger partial charge in [-0.3, -0.25) is 4.79 Å². The number of nitrogens with zero attached hydrogens (tertiary/aromatic N) is 2. The molecule has 0 unspecified atom stereocenters. The van der Waals surface area contributed by atoms with E-state index in [4.69, 9.17) is 9.47 Å². The Kier molecular flexibility index (Phi) is 6.83. The van der Waals surface area contributed by atoms with E-state index < -0.39 is 0 Å². The molecule has 2 rings (SSSR count). The van der Waals surface area contributed by atoms with Gasteiger partial charge in [0.05, 0.1) is 6.61 Å². The summed E-state index contributed by atoms with van der Waals surface area (Å²) in [6.45, 7) is 7.71. The number of aryl methyl sites for hydroxylation is 1. The first-order valence-electron chi connectivity index (χ1n) is 8.58. The van der Waals surface area contributed by atoms with Crippen LogP contribution in [0.2, 0.25) is 0 Å². The zero-order valence-electron chi connectivity index (χ0n) is 15.6. The third-order valence-electron chi connectivity index (χ3n) is 4.17. The van der Waals surface area contributed by atoms with Crippen LogP contribution < -0.4 is 4.74 Å². The van der Waals surface area contributed by atoms with Crippen LogP contribution in [0.4, 0.5) is 0 Å². The number of rotatable bonds is 8. The van der Waals surface area contributed by atoms with Gasteiger partial charge < -0.3 is 9.47 Å². The summed E-state index contributed by atoms with van der Waals surface area (Å²) in [5, 5.41) is 2.99. The van der Waals surface area contributed by atoms with Crippen LogP contribution in [0.1, 0.15) is 37.1 Å². The molecule has 6 heteroatoms. The topological polar surface area (TPSA) is 77.9 Å². The molecular formula is C20H24N2O4. The van der Waals surface area contributed by atoms with Crippen LogP contribution >= 0.6 is 0 Å². The molecule has 0 spiro atoms. The number of nitroso groups, excluding NO2 is 1. The first-order valence-corrected chi connectivity index (χ1v) is 8.58. The number of pyridine rings is 1. The molecule has 0 radical (unpaired) electrons. The van der Waals surface area contributed by atoms with Gasteiger partial charge in [-0.2, -0.15) is 4.91 Å². The van der Waals surface area contributed by atoms with Crippen molar-refractivity contribution in [3.05, 3.63) is 52.1 Å². The molecule has 0 bridgehead atoms. The minimum Gasteiger partial charge on any atom is -0.478 e. The predicted octanol–water partition coefficient (Wildman–Crippen LogP) is 4.35. The number of carbonyl (C=O) groups is 1. The molecule has 0 N–H and O–H groups in total. The Balaban J connectivity index is 2.09. The van der Waals surface area contributed by atoms with Crippen LogP contribution in [0, 0.1) is 18.8 Å². The summed E-state index contributed by atoms with van der Waals surface area (Å²) >= 11 is 0. The van der Waals surface area contributed by atoms with Crippen molar-refractivity contribution in [2.75, 3.05) is 6.61 Å². The average molecular weight is 356 g/mol. The quantitative estimate of drug-likeness (QED) is 0.519. The SMILES string of the molecule is CC(=O)O[C@@H](C)CCOc1ccc(-c2cccc(CN=O)c2C)c(C)n1. The van der Waals surface area contributed by atoms with E-state index >= 15 is 0 Å². The van der Waals surface area contributed by atoms with E-state index in [0.29, 0.717) is 18.9 Å². The zero-order chi connectivity index (χ0) is 19.1. The number of carbonyl (C=O) groups excluding carboxylic acids is 1. The molecular weight excluding hydrogens is 332 g/mol. The van der Waals surface area contributed by atoms with Gasteiger partial charge in [-0.15, -0.1) is 0 Å². The maximum absolute atomic E-state index is 10.9. The number of hydrogen-bond donors (Lipinski definition) is 0. The van der Waals surface area contributed by atoms with Crippen molar-refractivity contribution in [1.29, 1.82) is 0 Å². The summed E-state index contributed by atoms with van der Waals surface area (Å²) in [6, 6.07) is 9.62. The predicted molar refractivity (Wildman–Crippen MR) is 100.0 cm³/mol. The number of benzene rings is 1. The van der Waals surface area contributed by atoms with Crippen LogP contribution in [-0.2, 0) is 16.1 Å². The smallest absolute Gasteiger partial charge is 0.302 e. The van der Waals surface area contributed by atoms with Gasteiger partial charge in [-0.05, 0) is 43.5 Å². The lowest BCUT2D eigenvalue weighted by atomic mass is 9.96. The summed E-state index contributed by atoms with van der Waals surface area (Å²) in [6.07, 6.45) is 0.409. The van der Waals surface area contributed by atoms with Gasteiger partial charge in [-0.25, -0.2) is 4.98 Å². The summed E-state index contributed by atoms with van der Waals surface area (Å²) in [5.41, 5.74) is 4.81. The first kappa shape index (κ1) is 19.6. The van der Waals surface area contributed by atoms with Crippen LogP contribution in [-0.4, -0.2) is 23.7 Å². The summed E-state index contributed by atoms with van der Waals surface area (Å²) in [5.74, 6) is 0.239. The van der Waals surface area contributed by atoms with Crippen LogP contribution in [0.25, 0.3) is 11.1 Å². The summed E-state index contributed by atoms with van der Waals surface area (Å²) in [7, 11) is 0.